The summed E-state index contributed by atoms with van der Waals surface area (Å²) < 4.78 is 5.76. The molecule has 104 valence electrons. The Labute approximate surface area is 120 Å². The van der Waals surface area contributed by atoms with E-state index in [0.717, 1.165) is 16.8 Å². The van der Waals surface area contributed by atoms with Gasteiger partial charge in [-0.2, -0.15) is 11.8 Å². The summed E-state index contributed by atoms with van der Waals surface area (Å²) in [4.78, 5) is 0. The van der Waals surface area contributed by atoms with Crippen molar-refractivity contribution in [3.05, 3.63) is 29.8 Å². The molecule has 2 nitrogen and oxygen atoms in total. The highest BCUT2D eigenvalue weighted by atomic mass is 32.2. The number of ether oxygens (including phenoxy) is 1. The molecule has 0 radical (unpaired) electrons. The van der Waals surface area contributed by atoms with Crippen LogP contribution >= 0.6 is 11.8 Å². The fraction of sp³-hybridized carbons (Fsp3) is 0.625. The molecule has 2 saturated carbocycles. The van der Waals surface area contributed by atoms with Crippen molar-refractivity contribution in [1.82, 2.24) is 0 Å². The number of rotatable bonds is 6. The Hall–Kier alpha value is -0.670. The Kier molecular flexibility index (Phi) is 4.34. The zero-order valence-corrected chi connectivity index (χ0v) is 12.2. The van der Waals surface area contributed by atoms with E-state index in [1.807, 2.05) is 0 Å². The van der Waals surface area contributed by atoms with Gasteiger partial charge in [0.05, 0.1) is 6.10 Å². The van der Waals surface area contributed by atoms with Crippen molar-refractivity contribution < 1.29 is 4.74 Å². The topological polar surface area (TPSA) is 35.2 Å². The van der Waals surface area contributed by atoms with Gasteiger partial charge in [-0.3, -0.25) is 0 Å². The average molecular weight is 277 g/mol. The molecule has 1 aromatic rings. The van der Waals surface area contributed by atoms with Crippen LogP contribution in [0.2, 0.25) is 0 Å². The van der Waals surface area contributed by atoms with Crippen LogP contribution in [0.4, 0.5) is 0 Å². The monoisotopic (exact) mass is 277 g/mol. The first-order valence-electron chi connectivity index (χ1n) is 7.45. The largest absolute Gasteiger partial charge is 0.490 e. The van der Waals surface area contributed by atoms with Crippen molar-refractivity contribution in [3.63, 3.8) is 0 Å². The molecule has 19 heavy (non-hydrogen) atoms. The quantitative estimate of drug-likeness (QED) is 0.856. The predicted octanol–water partition coefficient (Wildman–Crippen LogP) is 3.90. The first-order valence-corrected chi connectivity index (χ1v) is 8.50. The fourth-order valence-electron chi connectivity index (χ4n) is 2.56. The molecule has 1 atom stereocenters. The van der Waals surface area contributed by atoms with Gasteiger partial charge in [0.2, 0.25) is 0 Å². The molecule has 3 rings (SSSR count). The standard InChI is InChI=1S/C16H23NOS/c17-16(11-19-15-3-1-2-4-15)12-5-7-13(8-6-12)18-14-9-10-14/h5-8,14-16H,1-4,9-11,17H2. The zero-order valence-electron chi connectivity index (χ0n) is 11.4. The molecular formula is C16H23NOS. The van der Waals surface area contributed by atoms with Gasteiger partial charge in [-0.25, -0.2) is 0 Å². The zero-order chi connectivity index (χ0) is 13.1. The second-order valence-electron chi connectivity index (χ2n) is 5.73. The van der Waals surface area contributed by atoms with E-state index in [4.69, 9.17) is 10.5 Å². The van der Waals surface area contributed by atoms with E-state index in [1.165, 1.54) is 44.1 Å². The molecule has 3 heteroatoms. The van der Waals surface area contributed by atoms with Gasteiger partial charge in [-0.1, -0.05) is 25.0 Å². The molecule has 0 saturated heterocycles. The highest BCUT2D eigenvalue weighted by Gasteiger charge is 2.23. The SMILES string of the molecule is NC(CSC1CCCC1)c1ccc(OC2CC2)cc1. The average Bonchev–Trinajstić information content (AvgIpc) is 3.09. The molecule has 2 aliphatic carbocycles. The lowest BCUT2D eigenvalue weighted by Gasteiger charge is -2.15. The summed E-state index contributed by atoms with van der Waals surface area (Å²) in [5.74, 6) is 2.02. The Morgan fingerprint density at radius 1 is 1.11 bits per heavy atom. The van der Waals surface area contributed by atoms with Gasteiger partial charge in [-0.15, -0.1) is 0 Å². The number of hydrogen-bond acceptors (Lipinski definition) is 3. The van der Waals surface area contributed by atoms with Gasteiger partial charge in [0, 0.05) is 17.0 Å². The van der Waals surface area contributed by atoms with E-state index in [-0.39, 0.29) is 6.04 Å². The first-order chi connectivity index (χ1) is 9.31. The molecule has 2 fully saturated rings. The molecule has 0 aliphatic heterocycles. The van der Waals surface area contributed by atoms with Gasteiger partial charge in [0.1, 0.15) is 5.75 Å². The molecule has 0 bridgehead atoms. The van der Waals surface area contributed by atoms with E-state index in [2.05, 4.69) is 36.0 Å². The summed E-state index contributed by atoms with van der Waals surface area (Å²) >= 11 is 2.06. The van der Waals surface area contributed by atoms with Crippen molar-refractivity contribution in [2.24, 2.45) is 5.73 Å². The summed E-state index contributed by atoms with van der Waals surface area (Å²) in [6.45, 7) is 0. The maximum absolute atomic E-state index is 6.28. The Morgan fingerprint density at radius 2 is 1.79 bits per heavy atom. The Morgan fingerprint density at radius 3 is 2.42 bits per heavy atom. The lowest BCUT2D eigenvalue weighted by atomic mass is 10.1. The van der Waals surface area contributed by atoms with Gasteiger partial charge in [-0.05, 0) is 43.4 Å². The van der Waals surface area contributed by atoms with E-state index in [1.54, 1.807) is 0 Å². The first kappa shape index (κ1) is 13.3. The van der Waals surface area contributed by atoms with Gasteiger partial charge in [0.15, 0.2) is 0 Å². The minimum absolute atomic E-state index is 0.153. The molecule has 1 aromatic carbocycles. The van der Waals surface area contributed by atoms with Crippen LogP contribution in [0.15, 0.2) is 24.3 Å². The van der Waals surface area contributed by atoms with Crippen molar-refractivity contribution in [1.29, 1.82) is 0 Å². The summed E-state index contributed by atoms with van der Waals surface area (Å²) in [7, 11) is 0. The summed E-state index contributed by atoms with van der Waals surface area (Å²) in [6, 6.07) is 8.53. The minimum atomic E-state index is 0.153. The third-order valence-electron chi connectivity index (χ3n) is 3.95. The van der Waals surface area contributed by atoms with Crippen LogP contribution < -0.4 is 10.5 Å². The lowest BCUT2D eigenvalue weighted by Crippen LogP contribution is -2.14. The second-order valence-corrected chi connectivity index (χ2v) is 7.07. The number of nitrogens with two attached hydrogens (primary N) is 1. The van der Waals surface area contributed by atoms with Crippen molar-refractivity contribution in [3.8, 4) is 5.75 Å². The van der Waals surface area contributed by atoms with E-state index in [0.29, 0.717) is 6.10 Å². The molecule has 2 aliphatic rings. The number of hydrogen-bond donors (Lipinski definition) is 1. The van der Waals surface area contributed by atoms with E-state index < -0.39 is 0 Å². The van der Waals surface area contributed by atoms with Crippen molar-refractivity contribution >= 4 is 11.8 Å². The van der Waals surface area contributed by atoms with Crippen LogP contribution in [0.1, 0.15) is 50.1 Å². The molecular weight excluding hydrogens is 254 g/mol. The van der Waals surface area contributed by atoms with Gasteiger partial charge >= 0.3 is 0 Å². The summed E-state index contributed by atoms with van der Waals surface area (Å²) in [5, 5.41) is 0.850. The third kappa shape index (κ3) is 3.90. The van der Waals surface area contributed by atoms with Crippen LogP contribution in [0.5, 0.6) is 5.75 Å². The van der Waals surface area contributed by atoms with Gasteiger partial charge in [0.25, 0.3) is 0 Å². The molecule has 2 N–H and O–H groups in total. The maximum Gasteiger partial charge on any atom is 0.119 e. The molecule has 0 aromatic heterocycles. The second kappa shape index (κ2) is 6.19. The molecule has 1 unspecified atom stereocenters. The lowest BCUT2D eigenvalue weighted by molar-refractivity contribution is 0.303. The van der Waals surface area contributed by atoms with Crippen molar-refractivity contribution in [2.75, 3.05) is 5.75 Å². The van der Waals surface area contributed by atoms with E-state index in [9.17, 15) is 0 Å². The van der Waals surface area contributed by atoms with Crippen LogP contribution in [-0.4, -0.2) is 17.1 Å². The predicted molar refractivity (Wildman–Crippen MR) is 81.7 cm³/mol. The summed E-state index contributed by atoms with van der Waals surface area (Å²) in [5.41, 5.74) is 7.51. The Balaban J connectivity index is 1.48. The fourth-order valence-corrected chi connectivity index (χ4v) is 3.90. The maximum atomic E-state index is 6.28. The molecule has 0 heterocycles. The third-order valence-corrected chi connectivity index (χ3v) is 5.44. The number of thioether (sulfide) groups is 1. The highest BCUT2D eigenvalue weighted by molar-refractivity contribution is 7.99. The van der Waals surface area contributed by atoms with Crippen molar-refractivity contribution in [2.45, 2.75) is 55.9 Å². The van der Waals surface area contributed by atoms with Gasteiger partial charge < -0.3 is 10.5 Å². The van der Waals surface area contributed by atoms with Crippen LogP contribution in [-0.2, 0) is 0 Å². The Bertz CT molecular complexity index is 396. The number of benzene rings is 1. The normalized spacial score (nSPS) is 21.5. The highest BCUT2D eigenvalue weighted by Crippen LogP contribution is 2.32. The van der Waals surface area contributed by atoms with E-state index >= 15 is 0 Å². The molecule has 0 spiro atoms. The van der Waals surface area contributed by atoms with Crippen LogP contribution in [0.25, 0.3) is 0 Å². The minimum Gasteiger partial charge on any atom is -0.490 e. The molecule has 0 amide bonds. The van der Waals surface area contributed by atoms with Crippen LogP contribution in [0, 0.1) is 0 Å². The summed E-state index contributed by atoms with van der Waals surface area (Å²) in [6.07, 6.45) is 8.45. The van der Waals surface area contributed by atoms with Crippen LogP contribution in [0.3, 0.4) is 0 Å². The smallest absolute Gasteiger partial charge is 0.119 e.